The molecule has 0 saturated heterocycles. The van der Waals surface area contributed by atoms with Crippen molar-refractivity contribution in [1.29, 1.82) is 0 Å². The Bertz CT molecular complexity index is 1070. The summed E-state index contributed by atoms with van der Waals surface area (Å²) < 4.78 is 1.98. The average Bonchev–Trinajstić information content (AvgIpc) is 3.28. The fourth-order valence-corrected chi connectivity index (χ4v) is 4.52. The molecule has 1 unspecified atom stereocenters. The molecular formula is C19H18N6S. The number of fused-ring (bicyclic) bond motifs is 2. The summed E-state index contributed by atoms with van der Waals surface area (Å²) in [6.45, 7) is 2.76. The molecule has 1 atom stereocenters. The summed E-state index contributed by atoms with van der Waals surface area (Å²) in [5.74, 6) is 2.77. The molecule has 130 valence electrons. The van der Waals surface area contributed by atoms with Gasteiger partial charge in [0, 0.05) is 23.4 Å². The van der Waals surface area contributed by atoms with Crippen LogP contribution in [0.5, 0.6) is 0 Å². The van der Waals surface area contributed by atoms with Crippen LogP contribution < -0.4 is 5.32 Å². The molecule has 26 heavy (non-hydrogen) atoms. The van der Waals surface area contributed by atoms with Crippen LogP contribution in [0.2, 0.25) is 0 Å². The van der Waals surface area contributed by atoms with Crippen molar-refractivity contribution in [3.63, 3.8) is 0 Å². The summed E-state index contributed by atoms with van der Waals surface area (Å²) in [7, 11) is 0. The van der Waals surface area contributed by atoms with E-state index in [1.807, 2.05) is 17.7 Å². The molecule has 1 aliphatic heterocycles. The van der Waals surface area contributed by atoms with E-state index in [1.54, 1.807) is 17.7 Å². The monoisotopic (exact) mass is 362 g/mol. The Labute approximate surface area is 155 Å². The number of rotatable bonds is 3. The van der Waals surface area contributed by atoms with E-state index in [-0.39, 0.29) is 6.04 Å². The van der Waals surface area contributed by atoms with Gasteiger partial charge < -0.3 is 5.32 Å². The van der Waals surface area contributed by atoms with Gasteiger partial charge in [-0.05, 0) is 18.9 Å². The summed E-state index contributed by atoms with van der Waals surface area (Å²) in [6.07, 6.45) is 3.59. The van der Waals surface area contributed by atoms with E-state index in [2.05, 4.69) is 50.0 Å². The number of aromatic nitrogens is 5. The van der Waals surface area contributed by atoms with Crippen LogP contribution in [0.1, 0.15) is 18.1 Å². The molecule has 1 aromatic carbocycles. The first-order valence-corrected chi connectivity index (χ1v) is 9.60. The van der Waals surface area contributed by atoms with Crippen LogP contribution in [0.4, 0.5) is 5.82 Å². The van der Waals surface area contributed by atoms with Gasteiger partial charge in [0.15, 0.2) is 0 Å². The fourth-order valence-electron chi connectivity index (χ4n) is 3.53. The molecule has 0 spiro atoms. The van der Waals surface area contributed by atoms with E-state index in [9.17, 15) is 0 Å². The van der Waals surface area contributed by atoms with Crippen LogP contribution in [0.15, 0.2) is 42.0 Å². The maximum atomic E-state index is 4.74. The lowest BCUT2D eigenvalue weighted by atomic mass is 10.0. The lowest BCUT2D eigenvalue weighted by Crippen LogP contribution is -2.32. The second-order valence-corrected chi connectivity index (χ2v) is 7.41. The number of hydrogen-bond donors (Lipinski definition) is 1. The third-order valence-corrected chi connectivity index (χ3v) is 5.65. The first-order valence-electron chi connectivity index (χ1n) is 8.72. The van der Waals surface area contributed by atoms with Gasteiger partial charge in [0.05, 0.1) is 11.9 Å². The van der Waals surface area contributed by atoms with Gasteiger partial charge in [-0.15, -0.1) is 11.3 Å². The molecule has 0 saturated carbocycles. The minimum absolute atomic E-state index is 0.283. The van der Waals surface area contributed by atoms with Crippen molar-refractivity contribution in [3.8, 4) is 11.1 Å². The lowest BCUT2D eigenvalue weighted by molar-refractivity contribution is 0.441. The maximum Gasteiger partial charge on any atom is 0.139 e. The van der Waals surface area contributed by atoms with Crippen molar-refractivity contribution in [1.82, 2.24) is 24.7 Å². The first-order chi connectivity index (χ1) is 12.8. The van der Waals surface area contributed by atoms with E-state index in [0.29, 0.717) is 0 Å². The molecule has 0 bridgehead atoms. The van der Waals surface area contributed by atoms with E-state index in [0.717, 1.165) is 47.1 Å². The molecule has 0 fully saturated rings. The highest BCUT2D eigenvalue weighted by atomic mass is 32.1. The molecule has 1 N–H and O–H groups in total. The van der Waals surface area contributed by atoms with Crippen LogP contribution in [-0.2, 0) is 13.0 Å². The van der Waals surface area contributed by atoms with Gasteiger partial charge in [-0.25, -0.2) is 19.6 Å². The number of benzene rings is 1. The summed E-state index contributed by atoms with van der Waals surface area (Å²) in [4.78, 5) is 14.7. The van der Waals surface area contributed by atoms with Gasteiger partial charge in [0.1, 0.15) is 28.6 Å². The lowest BCUT2D eigenvalue weighted by Gasteiger charge is -2.24. The molecule has 4 heterocycles. The predicted octanol–water partition coefficient (Wildman–Crippen LogP) is 3.69. The number of thiophene rings is 1. The van der Waals surface area contributed by atoms with Gasteiger partial charge in [-0.3, -0.25) is 0 Å². The van der Waals surface area contributed by atoms with Crippen LogP contribution in [0, 0.1) is 6.92 Å². The van der Waals surface area contributed by atoms with Gasteiger partial charge in [0.25, 0.3) is 0 Å². The van der Waals surface area contributed by atoms with E-state index in [1.165, 1.54) is 11.1 Å². The van der Waals surface area contributed by atoms with Crippen molar-refractivity contribution in [2.24, 2.45) is 0 Å². The summed E-state index contributed by atoms with van der Waals surface area (Å²) in [6, 6.07) is 10.7. The van der Waals surface area contributed by atoms with Crippen LogP contribution in [-0.4, -0.2) is 30.8 Å². The third-order valence-electron chi connectivity index (χ3n) is 4.78. The highest BCUT2D eigenvalue weighted by Crippen LogP contribution is 2.37. The highest BCUT2D eigenvalue weighted by Gasteiger charge is 2.22. The molecule has 4 aromatic rings. The zero-order valence-corrected chi connectivity index (χ0v) is 15.2. The van der Waals surface area contributed by atoms with Gasteiger partial charge in [-0.2, -0.15) is 5.10 Å². The molecule has 0 amide bonds. The molecule has 1 aliphatic rings. The van der Waals surface area contributed by atoms with Crippen molar-refractivity contribution < 1.29 is 0 Å². The summed E-state index contributed by atoms with van der Waals surface area (Å²) in [5, 5.41) is 11.3. The second-order valence-electron chi connectivity index (χ2n) is 6.55. The summed E-state index contributed by atoms with van der Waals surface area (Å²) in [5.41, 5.74) is 2.38. The Morgan fingerprint density at radius 3 is 2.96 bits per heavy atom. The van der Waals surface area contributed by atoms with Crippen LogP contribution in [0.25, 0.3) is 21.3 Å². The zero-order valence-electron chi connectivity index (χ0n) is 14.4. The third kappa shape index (κ3) is 2.64. The molecule has 7 heteroatoms. The Kier molecular flexibility index (Phi) is 3.67. The number of anilines is 1. The number of hydrogen-bond acceptors (Lipinski definition) is 6. The van der Waals surface area contributed by atoms with E-state index >= 15 is 0 Å². The Hall–Kier alpha value is -2.80. The number of aryl methyl sites for hydroxylation is 2. The van der Waals surface area contributed by atoms with Gasteiger partial charge in [-0.1, -0.05) is 30.3 Å². The number of nitrogens with zero attached hydrogens (tertiary/aromatic N) is 5. The Morgan fingerprint density at radius 2 is 2.08 bits per heavy atom. The quantitative estimate of drug-likeness (QED) is 0.602. The first kappa shape index (κ1) is 15.5. The Balaban J connectivity index is 1.56. The van der Waals surface area contributed by atoms with Crippen LogP contribution >= 0.6 is 11.3 Å². The zero-order chi connectivity index (χ0) is 17.5. The molecule has 0 aliphatic carbocycles. The molecule has 6 nitrogen and oxygen atoms in total. The summed E-state index contributed by atoms with van der Waals surface area (Å²) >= 11 is 1.67. The predicted molar refractivity (Wildman–Crippen MR) is 103 cm³/mol. The van der Waals surface area contributed by atoms with Gasteiger partial charge >= 0.3 is 0 Å². The normalized spacial score (nSPS) is 16.6. The van der Waals surface area contributed by atoms with E-state index in [4.69, 9.17) is 4.98 Å². The molecular weight excluding hydrogens is 344 g/mol. The standard InChI is InChI=1S/C19H18N6S/c1-12-22-18(24-14-7-8-16-20-11-21-25(16)9-14)17-15(10-26-19(17)23-12)13-5-3-2-4-6-13/h2-6,10-11,14H,7-9H2,1H3,(H,22,23,24). The van der Waals surface area contributed by atoms with Crippen molar-refractivity contribution in [2.45, 2.75) is 32.4 Å². The van der Waals surface area contributed by atoms with E-state index < -0.39 is 0 Å². The van der Waals surface area contributed by atoms with Crippen molar-refractivity contribution in [2.75, 3.05) is 5.32 Å². The number of nitrogens with one attached hydrogen (secondary N) is 1. The van der Waals surface area contributed by atoms with Gasteiger partial charge in [0.2, 0.25) is 0 Å². The smallest absolute Gasteiger partial charge is 0.139 e. The van der Waals surface area contributed by atoms with Crippen molar-refractivity contribution >= 4 is 27.4 Å². The average molecular weight is 362 g/mol. The van der Waals surface area contributed by atoms with Crippen molar-refractivity contribution in [3.05, 3.63) is 53.7 Å². The molecule has 3 aromatic heterocycles. The minimum Gasteiger partial charge on any atom is -0.365 e. The fraction of sp³-hybridized carbons (Fsp3) is 0.263. The molecule has 5 rings (SSSR count). The largest absolute Gasteiger partial charge is 0.365 e. The Morgan fingerprint density at radius 1 is 1.19 bits per heavy atom. The van der Waals surface area contributed by atoms with Crippen LogP contribution in [0.3, 0.4) is 0 Å². The second kappa shape index (κ2) is 6.17. The molecule has 0 radical (unpaired) electrons. The minimum atomic E-state index is 0.283. The highest BCUT2D eigenvalue weighted by molar-refractivity contribution is 7.17. The SMILES string of the molecule is Cc1nc(NC2CCc3ncnn3C2)c2c(-c3ccccc3)csc2n1. The maximum absolute atomic E-state index is 4.74. The topological polar surface area (TPSA) is 68.5 Å².